The number of esters is 1. The zero-order chi connectivity index (χ0) is 27.4. The number of halogens is 4. The van der Waals surface area contributed by atoms with Crippen LogP contribution in [0.5, 0.6) is 5.75 Å². The van der Waals surface area contributed by atoms with Gasteiger partial charge in [0.05, 0.1) is 28.8 Å². The van der Waals surface area contributed by atoms with Crippen molar-refractivity contribution in [2.24, 2.45) is 5.10 Å². The monoisotopic (exact) mass is 543 g/mol. The molecule has 7 nitrogen and oxygen atoms in total. The number of rotatable bonds is 7. The molecule has 0 aliphatic rings. The van der Waals surface area contributed by atoms with E-state index in [4.69, 9.17) is 21.1 Å². The third kappa shape index (κ3) is 6.20. The summed E-state index contributed by atoms with van der Waals surface area (Å²) in [7, 11) is 0. The van der Waals surface area contributed by atoms with Gasteiger partial charge in [-0.15, -0.1) is 0 Å². The van der Waals surface area contributed by atoms with Crippen LogP contribution < -0.4 is 10.3 Å². The van der Waals surface area contributed by atoms with E-state index in [0.717, 1.165) is 16.8 Å². The Morgan fingerprint density at radius 3 is 2.61 bits per heavy atom. The van der Waals surface area contributed by atoms with Gasteiger partial charge in [0.15, 0.2) is 12.4 Å². The largest absolute Gasteiger partial charge is 0.481 e. The van der Waals surface area contributed by atoms with Gasteiger partial charge in [-0.1, -0.05) is 35.9 Å². The molecule has 4 aromatic rings. The van der Waals surface area contributed by atoms with E-state index in [-0.39, 0.29) is 35.2 Å². The fourth-order valence-corrected chi connectivity index (χ4v) is 3.74. The van der Waals surface area contributed by atoms with Gasteiger partial charge in [-0.3, -0.25) is 4.79 Å². The smallest absolute Gasteiger partial charge is 0.416 e. The van der Waals surface area contributed by atoms with Crippen LogP contribution in [0.4, 0.5) is 13.2 Å². The van der Waals surface area contributed by atoms with E-state index in [1.807, 2.05) is 0 Å². The summed E-state index contributed by atoms with van der Waals surface area (Å²) in [5.41, 5.74) is -0.841. The number of nitrogens with zero attached hydrogens (tertiary/aromatic N) is 3. The Hall–Kier alpha value is -4.18. The number of benzene rings is 3. The number of para-hydroxylation sites is 1. The summed E-state index contributed by atoms with van der Waals surface area (Å²) in [6.45, 7) is 3.03. The Kier molecular flexibility index (Phi) is 7.82. The standard InChI is InChI=1S/C27H21ClF3N3O4/c1-16(2)38-24(35)15-37-23-11-10-20(28)13-18(23)14-32-34-25(17-6-5-7-19(12-17)27(29,30)31)33-22-9-4-3-8-21(22)26(34)36/h3-14,16H,15H2,1-2H3. The second-order valence-electron chi connectivity index (χ2n) is 8.40. The molecule has 0 radical (unpaired) electrons. The van der Waals surface area contributed by atoms with Gasteiger partial charge in [0.1, 0.15) is 5.75 Å². The van der Waals surface area contributed by atoms with E-state index < -0.39 is 23.3 Å². The highest BCUT2D eigenvalue weighted by atomic mass is 35.5. The van der Waals surface area contributed by atoms with Crippen LogP contribution in [0.15, 0.2) is 76.6 Å². The summed E-state index contributed by atoms with van der Waals surface area (Å²) in [5, 5.41) is 4.80. The van der Waals surface area contributed by atoms with Gasteiger partial charge in [0.2, 0.25) is 0 Å². The molecule has 0 unspecified atom stereocenters. The van der Waals surface area contributed by atoms with Crippen molar-refractivity contribution in [2.75, 3.05) is 6.61 Å². The predicted octanol–water partition coefficient (Wildman–Crippen LogP) is 5.95. The molecule has 0 atom stereocenters. The Morgan fingerprint density at radius 1 is 1.11 bits per heavy atom. The SMILES string of the molecule is CC(C)OC(=O)COc1ccc(Cl)cc1C=Nn1c(-c2cccc(C(F)(F)F)c2)nc2ccccc2c1=O. The Labute approximate surface area is 220 Å². The van der Waals surface area contributed by atoms with Gasteiger partial charge in [0, 0.05) is 16.1 Å². The van der Waals surface area contributed by atoms with Crippen molar-refractivity contribution in [2.45, 2.75) is 26.1 Å². The van der Waals surface area contributed by atoms with Crippen molar-refractivity contribution in [3.05, 3.63) is 93.2 Å². The Morgan fingerprint density at radius 2 is 1.87 bits per heavy atom. The van der Waals surface area contributed by atoms with Crippen molar-refractivity contribution in [1.82, 2.24) is 9.66 Å². The highest BCUT2D eigenvalue weighted by Gasteiger charge is 2.31. The number of hydrogen-bond donors (Lipinski definition) is 0. The normalized spacial score (nSPS) is 11.9. The van der Waals surface area contributed by atoms with Crippen molar-refractivity contribution >= 4 is 34.7 Å². The topological polar surface area (TPSA) is 82.8 Å². The Balaban J connectivity index is 1.81. The molecule has 0 fully saturated rings. The van der Waals surface area contributed by atoms with Crippen LogP contribution in [-0.2, 0) is 15.7 Å². The number of carbonyl (C=O) groups excluding carboxylic acids is 1. The molecular weight excluding hydrogens is 523 g/mol. The highest BCUT2D eigenvalue weighted by Crippen LogP contribution is 2.32. The van der Waals surface area contributed by atoms with E-state index in [2.05, 4.69) is 10.1 Å². The highest BCUT2D eigenvalue weighted by molar-refractivity contribution is 6.30. The average Bonchev–Trinajstić information content (AvgIpc) is 2.86. The number of alkyl halides is 3. The second-order valence-corrected chi connectivity index (χ2v) is 8.84. The molecular formula is C27H21ClF3N3O4. The minimum Gasteiger partial charge on any atom is -0.481 e. The number of hydrogen-bond acceptors (Lipinski definition) is 6. The first-order valence-electron chi connectivity index (χ1n) is 11.4. The minimum atomic E-state index is -4.59. The first kappa shape index (κ1) is 26.9. The molecule has 0 bridgehead atoms. The van der Waals surface area contributed by atoms with E-state index >= 15 is 0 Å². The van der Waals surface area contributed by atoms with Crippen molar-refractivity contribution < 1.29 is 27.4 Å². The maximum atomic E-state index is 13.4. The van der Waals surface area contributed by atoms with E-state index in [9.17, 15) is 22.8 Å². The molecule has 1 heterocycles. The number of aromatic nitrogens is 2. The summed E-state index contributed by atoms with van der Waals surface area (Å²) in [6.07, 6.45) is -3.66. The first-order valence-corrected chi connectivity index (χ1v) is 11.8. The second kappa shape index (κ2) is 11.1. The molecule has 0 aliphatic heterocycles. The number of ether oxygens (including phenoxy) is 2. The van der Waals surface area contributed by atoms with Crippen LogP contribution in [0.25, 0.3) is 22.3 Å². The third-order valence-corrected chi connectivity index (χ3v) is 5.43. The molecule has 0 aliphatic carbocycles. The van der Waals surface area contributed by atoms with Crippen LogP contribution in [0.2, 0.25) is 5.02 Å². The molecule has 0 saturated carbocycles. The van der Waals surface area contributed by atoms with Gasteiger partial charge in [-0.2, -0.15) is 22.9 Å². The fraction of sp³-hybridized carbons (Fsp3) is 0.185. The number of fused-ring (bicyclic) bond motifs is 1. The molecule has 1 aromatic heterocycles. The maximum absolute atomic E-state index is 13.4. The summed E-state index contributed by atoms with van der Waals surface area (Å²) in [5.74, 6) is -0.457. The van der Waals surface area contributed by atoms with E-state index in [1.165, 1.54) is 30.5 Å². The molecule has 0 spiro atoms. The van der Waals surface area contributed by atoms with Crippen molar-refractivity contribution in [3.63, 3.8) is 0 Å². The molecule has 11 heteroatoms. The van der Waals surface area contributed by atoms with Crippen LogP contribution >= 0.6 is 11.6 Å². The van der Waals surface area contributed by atoms with E-state index in [0.29, 0.717) is 16.1 Å². The summed E-state index contributed by atoms with van der Waals surface area (Å²) in [4.78, 5) is 29.7. The predicted molar refractivity (Wildman–Crippen MR) is 138 cm³/mol. The zero-order valence-electron chi connectivity index (χ0n) is 20.2. The lowest BCUT2D eigenvalue weighted by molar-refractivity contribution is -0.149. The molecule has 0 N–H and O–H groups in total. The molecule has 196 valence electrons. The summed E-state index contributed by atoms with van der Waals surface area (Å²) >= 11 is 6.13. The first-order chi connectivity index (χ1) is 18.0. The maximum Gasteiger partial charge on any atom is 0.416 e. The van der Waals surface area contributed by atoms with Gasteiger partial charge in [-0.05, 0) is 56.3 Å². The number of carbonyl (C=O) groups is 1. The molecule has 3 aromatic carbocycles. The van der Waals surface area contributed by atoms with Crippen molar-refractivity contribution in [3.8, 4) is 17.1 Å². The lowest BCUT2D eigenvalue weighted by Crippen LogP contribution is -2.21. The van der Waals surface area contributed by atoms with Crippen LogP contribution in [0.3, 0.4) is 0 Å². The van der Waals surface area contributed by atoms with Gasteiger partial charge >= 0.3 is 12.1 Å². The molecule has 4 rings (SSSR count). The fourth-order valence-electron chi connectivity index (χ4n) is 3.56. The summed E-state index contributed by atoms with van der Waals surface area (Å²) in [6, 6.07) is 15.5. The molecule has 0 saturated heterocycles. The molecule has 0 amide bonds. The molecule has 38 heavy (non-hydrogen) atoms. The van der Waals surface area contributed by atoms with Gasteiger partial charge < -0.3 is 9.47 Å². The lowest BCUT2D eigenvalue weighted by atomic mass is 10.1. The van der Waals surface area contributed by atoms with Crippen LogP contribution in [-0.4, -0.2) is 34.6 Å². The van der Waals surface area contributed by atoms with Crippen LogP contribution in [0.1, 0.15) is 25.0 Å². The minimum absolute atomic E-state index is 0.0406. The van der Waals surface area contributed by atoms with Gasteiger partial charge in [0.25, 0.3) is 5.56 Å². The third-order valence-electron chi connectivity index (χ3n) is 5.20. The quantitative estimate of drug-likeness (QED) is 0.212. The van der Waals surface area contributed by atoms with Crippen molar-refractivity contribution in [1.29, 1.82) is 0 Å². The van der Waals surface area contributed by atoms with E-state index in [1.54, 1.807) is 44.2 Å². The lowest BCUT2D eigenvalue weighted by Gasteiger charge is -2.13. The zero-order valence-corrected chi connectivity index (χ0v) is 21.0. The Bertz CT molecular complexity index is 1580. The van der Waals surface area contributed by atoms with Gasteiger partial charge in [-0.25, -0.2) is 9.78 Å². The van der Waals surface area contributed by atoms with Crippen LogP contribution in [0, 0.1) is 0 Å². The average molecular weight is 544 g/mol. The summed E-state index contributed by atoms with van der Waals surface area (Å²) < 4.78 is 51.7.